The van der Waals surface area contributed by atoms with Crippen LogP contribution in [0.4, 0.5) is 0 Å². The predicted molar refractivity (Wildman–Crippen MR) is 67.1 cm³/mol. The molecule has 1 saturated heterocycles. The van der Waals surface area contributed by atoms with E-state index in [1.54, 1.807) is 30.3 Å². The largest absolute Gasteiger partial charge is 0.348 e. The maximum Gasteiger partial charge on any atom is 0.254 e. The number of hydrogen-bond donors (Lipinski definition) is 2. The normalized spacial score (nSPS) is 26.1. The van der Waals surface area contributed by atoms with Crippen LogP contribution in [0.1, 0.15) is 0 Å². The van der Waals surface area contributed by atoms with Crippen molar-refractivity contribution in [1.82, 2.24) is 10.3 Å². The topological polar surface area (TPSA) is 84.7 Å². The minimum atomic E-state index is -3.71. The molecule has 0 spiro atoms. The average molecular weight is 271 g/mol. The van der Waals surface area contributed by atoms with Crippen molar-refractivity contribution < 1.29 is 13.2 Å². The molecule has 3 N–H and O–H groups in total. The summed E-state index contributed by atoms with van der Waals surface area (Å²) in [5, 5.41) is 2.70. The van der Waals surface area contributed by atoms with Crippen LogP contribution in [0.2, 0.25) is 0 Å². The van der Waals surface area contributed by atoms with Crippen molar-refractivity contribution in [2.24, 2.45) is 5.84 Å². The third-order valence-electron chi connectivity index (χ3n) is 3.11. The zero-order valence-corrected chi connectivity index (χ0v) is 11.0. The Bertz CT molecular complexity index is 506. The van der Waals surface area contributed by atoms with E-state index in [1.807, 2.05) is 0 Å². The average Bonchev–Trinajstić information content (AvgIpc) is 2.40. The molecule has 7 heteroatoms. The van der Waals surface area contributed by atoms with E-state index in [9.17, 15) is 8.42 Å². The van der Waals surface area contributed by atoms with E-state index >= 15 is 0 Å². The molecule has 18 heavy (non-hydrogen) atoms. The molecule has 0 amide bonds. The van der Waals surface area contributed by atoms with E-state index in [-0.39, 0.29) is 11.4 Å². The van der Waals surface area contributed by atoms with Gasteiger partial charge in [-0.2, -0.15) is 0 Å². The monoisotopic (exact) mass is 271 g/mol. The lowest BCUT2D eigenvalue weighted by Crippen LogP contribution is -2.68. The molecule has 6 nitrogen and oxygen atoms in total. The summed E-state index contributed by atoms with van der Waals surface area (Å²) in [6, 6.07) is 8.19. The van der Waals surface area contributed by atoms with Crippen LogP contribution in [0, 0.1) is 0 Å². The quantitative estimate of drug-likeness (QED) is 0.724. The summed E-state index contributed by atoms with van der Waals surface area (Å²) in [5.74, 6) is 5.84. The zero-order valence-electron chi connectivity index (χ0n) is 10.2. The van der Waals surface area contributed by atoms with Gasteiger partial charge in [0.05, 0.1) is 11.4 Å². The van der Waals surface area contributed by atoms with Gasteiger partial charge < -0.3 is 10.1 Å². The molecule has 1 aliphatic heterocycles. The van der Waals surface area contributed by atoms with Crippen LogP contribution in [-0.2, 0) is 14.6 Å². The number of hydrazine groups is 1. The van der Waals surface area contributed by atoms with Gasteiger partial charge in [-0.05, 0) is 12.1 Å². The van der Waals surface area contributed by atoms with Crippen molar-refractivity contribution in [2.75, 3.05) is 26.7 Å². The van der Waals surface area contributed by atoms with Crippen LogP contribution < -0.4 is 11.2 Å². The molecule has 1 atom stereocenters. The van der Waals surface area contributed by atoms with Crippen LogP contribution in [0.3, 0.4) is 0 Å². The summed E-state index contributed by atoms with van der Waals surface area (Å²) in [7, 11) is -2.35. The van der Waals surface area contributed by atoms with Crippen molar-refractivity contribution in [3.63, 3.8) is 0 Å². The van der Waals surface area contributed by atoms with Gasteiger partial charge in [0.25, 0.3) is 5.06 Å². The molecule has 100 valence electrons. The number of methoxy groups -OCH3 is 1. The second-order valence-corrected chi connectivity index (χ2v) is 6.22. The number of nitrogens with zero attached hydrogens (tertiary/aromatic N) is 1. The van der Waals surface area contributed by atoms with Gasteiger partial charge in [-0.3, -0.25) is 5.84 Å². The van der Waals surface area contributed by atoms with Crippen LogP contribution in [0.5, 0.6) is 0 Å². The van der Waals surface area contributed by atoms with Gasteiger partial charge >= 0.3 is 0 Å². The van der Waals surface area contributed by atoms with E-state index in [0.717, 1.165) is 0 Å². The van der Waals surface area contributed by atoms with E-state index in [0.29, 0.717) is 13.1 Å². The highest BCUT2D eigenvalue weighted by molar-refractivity contribution is 7.92. The van der Waals surface area contributed by atoms with Gasteiger partial charge in [-0.25, -0.2) is 13.4 Å². The van der Waals surface area contributed by atoms with Gasteiger partial charge in [0.15, 0.2) is 0 Å². The van der Waals surface area contributed by atoms with E-state index in [2.05, 4.69) is 5.32 Å². The SMILES string of the molecule is COC1(S(=O)(=O)c2ccccc2)CNCCN1N. The Morgan fingerprint density at radius 2 is 2.06 bits per heavy atom. The Morgan fingerprint density at radius 3 is 2.61 bits per heavy atom. The first-order valence-corrected chi connectivity index (χ1v) is 7.11. The summed E-state index contributed by atoms with van der Waals surface area (Å²) in [5.41, 5.74) is 0. The lowest BCUT2D eigenvalue weighted by atomic mass is 10.4. The maximum atomic E-state index is 12.7. The standard InChI is InChI=1S/C11H17N3O3S/c1-17-11(9-13-7-8-14(11)12)18(15,16)10-5-3-2-4-6-10/h2-6,13H,7-9,12H2,1H3. The fraction of sp³-hybridized carbons (Fsp3) is 0.455. The molecular formula is C11H17N3O3S. The fourth-order valence-corrected chi connectivity index (χ4v) is 3.85. The Labute approximate surface area is 107 Å². The van der Waals surface area contributed by atoms with Gasteiger partial charge in [-0.1, -0.05) is 18.2 Å². The molecule has 0 aliphatic carbocycles. The number of piperazine rings is 1. The number of rotatable bonds is 3. The highest BCUT2D eigenvalue weighted by Crippen LogP contribution is 2.29. The second kappa shape index (κ2) is 4.94. The number of nitrogens with one attached hydrogen (secondary N) is 1. The van der Waals surface area contributed by atoms with Gasteiger partial charge in [0, 0.05) is 20.2 Å². The predicted octanol–water partition coefficient (Wildman–Crippen LogP) is -0.461. The first-order valence-electron chi connectivity index (χ1n) is 5.62. The number of ether oxygens (including phenoxy) is 1. The van der Waals surface area contributed by atoms with E-state index < -0.39 is 14.9 Å². The van der Waals surface area contributed by atoms with Crippen molar-refractivity contribution in [1.29, 1.82) is 0 Å². The third-order valence-corrected chi connectivity index (χ3v) is 5.39. The molecule has 1 fully saturated rings. The van der Waals surface area contributed by atoms with Crippen molar-refractivity contribution in [3.05, 3.63) is 30.3 Å². The second-order valence-electron chi connectivity index (χ2n) is 4.10. The molecule has 0 saturated carbocycles. The molecule has 0 bridgehead atoms. The molecule has 1 aromatic carbocycles. The fourth-order valence-electron chi connectivity index (χ4n) is 2.05. The van der Waals surface area contributed by atoms with Crippen molar-refractivity contribution in [2.45, 2.75) is 9.95 Å². The first kappa shape index (κ1) is 13.4. The van der Waals surface area contributed by atoms with Gasteiger partial charge in [0.1, 0.15) is 0 Å². The molecule has 1 heterocycles. The first-order chi connectivity index (χ1) is 8.54. The Balaban J connectivity index is 2.50. The maximum absolute atomic E-state index is 12.7. The summed E-state index contributed by atoms with van der Waals surface area (Å²) < 4.78 is 30.6. The lowest BCUT2D eigenvalue weighted by molar-refractivity contribution is -0.0837. The molecule has 0 radical (unpaired) electrons. The Kier molecular flexibility index (Phi) is 3.69. The molecule has 1 unspecified atom stereocenters. The zero-order chi connectivity index (χ0) is 13.2. The minimum Gasteiger partial charge on any atom is -0.348 e. The molecular weight excluding hydrogens is 254 g/mol. The lowest BCUT2D eigenvalue weighted by Gasteiger charge is -2.42. The number of sulfone groups is 1. The van der Waals surface area contributed by atoms with Crippen LogP contribution in [0.15, 0.2) is 35.2 Å². The highest BCUT2D eigenvalue weighted by atomic mass is 32.2. The Hall–Kier alpha value is -0.990. The van der Waals surface area contributed by atoms with E-state index in [4.69, 9.17) is 10.6 Å². The molecule has 2 rings (SSSR count). The minimum absolute atomic E-state index is 0.136. The molecule has 1 aliphatic rings. The smallest absolute Gasteiger partial charge is 0.254 e. The summed E-state index contributed by atoms with van der Waals surface area (Å²) in [4.78, 5) is 0.200. The Morgan fingerprint density at radius 1 is 1.39 bits per heavy atom. The van der Waals surface area contributed by atoms with Crippen LogP contribution in [-0.4, -0.2) is 45.2 Å². The van der Waals surface area contributed by atoms with Crippen LogP contribution >= 0.6 is 0 Å². The molecule has 1 aromatic rings. The number of nitrogens with two attached hydrogens (primary N) is 1. The van der Waals surface area contributed by atoms with Gasteiger partial charge in [-0.15, -0.1) is 0 Å². The summed E-state index contributed by atoms with van der Waals surface area (Å²) >= 11 is 0. The van der Waals surface area contributed by atoms with Crippen molar-refractivity contribution >= 4 is 9.84 Å². The summed E-state index contributed by atoms with van der Waals surface area (Å²) in [6.45, 7) is 1.17. The van der Waals surface area contributed by atoms with Crippen molar-refractivity contribution in [3.8, 4) is 0 Å². The van der Waals surface area contributed by atoms with E-state index in [1.165, 1.54) is 12.1 Å². The molecule has 0 aromatic heterocycles. The third kappa shape index (κ3) is 1.94. The van der Waals surface area contributed by atoms with Crippen LogP contribution in [0.25, 0.3) is 0 Å². The number of benzene rings is 1. The summed E-state index contributed by atoms with van der Waals surface area (Å²) in [6.07, 6.45) is 0. The van der Waals surface area contributed by atoms with Gasteiger partial charge in [0.2, 0.25) is 9.84 Å². The number of hydrogen-bond acceptors (Lipinski definition) is 6. The highest BCUT2D eigenvalue weighted by Gasteiger charge is 2.50.